The molecule has 0 aliphatic carbocycles. The number of fused-ring (bicyclic) bond motifs is 1. The van der Waals surface area contributed by atoms with Crippen LogP contribution in [0.25, 0.3) is 82.6 Å². The van der Waals surface area contributed by atoms with Crippen molar-refractivity contribution in [2.24, 2.45) is 0 Å². The standard InChI is InChI=1S/C45H34N2/c1-45(2,3)36-25-34-20-22-37-39(31-14-12-30(13-15-31)29-9-5-4-6-10-29)27-40(38-23-21-35(26-36)43(34)44(37)38)32-16-18-33(19-17-32)41-28-47-24-8-7-11-42(47)46-41/h4-28H,1-3H3. The Balaban J connectivity index is 1.26. The van der Waals surface area contributed by atoms with Gasteiger partial charge in [0, 0.05) is 18.0 Å². The summed E-state index contributed by atoms with van der Waals surface area (Å²) in [5.74, 6) is 0. The van der Waals surface area contributed by atoms with Crippen LogP contribution >= 0.6 is 0 Å². The van der Waals surface area contributed by atoms with Crippen molar-refractivity contribution >= 4 is 38.0 Å². The zero-order valence-electron chi connectivity index (χ0n) is 26.8. The van der Waals surface area contributed by atoms with Gasteiger partial charge in [-0.1, -0.05) is 142 Å². The molecule has 224 valence electrons. The van der Waals surface area contributed by atoms with Crippen molar-refractivity contribution < 1.29 is 0 Å². The van der Waals surface area contributed by atoms with Gasteiger partial charge < -0.3 is 4.40 Å². The van der Waals surface area contributed by atoms with Crippen molar-refractivity contribution in [3.63, 3.8) is 0 Å². The Morgan fingerprint density at radius 2 is 1.04 bits per heavy atom. The molecule has 2 aromatic heterocycles. The van der Waals surface area contributed by atoms with Crippen LogP contribution in [0.5, 0.6) is 0 Å². The zero-order valence-corrected chi connectivity index (χ0v) is 26.8. The molecule has 9 aromatic rings. The third-order valence-electron chi connectivity index (χ3n) is 9.74. The van der Waals surface area contributed by atoms with Gasteiger partial charge in [0.1, 0.15) is 5.65 Å². The van der Waals surface area contributed by atoms with Crippen molar-refractivity contribution in [1.82, 2.24) is 9.38 Å². The van der Waals surface area contributed by atoms with Crippen molar-refractivity contribution in [2.45, 2.75) is 26.2 Å². The summed E-state index contributed by atoms with van der Waals surface area (Å²) in [5.41, 5.74) is 11.9. The number of hydrogen-bond donors (Lipinski definition) is 0. The first-order valence-electron chi connectivity index (χ1n) is 16.4. The molecule has 0 aliphatic rings. The predicted octanol–water partition coefficient (Wildman–Crippen LogP) is 12.2. The van der Waals surface area contributed by atoms with Gasteiger partial charge in [0.2, 0.25) is 0 Å². The lowest BCUT2D eigenvalue weighted by Crippen LogP contribution is -2.10. The fraction of sp³-hybridized carbons (Fsp3) is 0.0889. The van der Waals surface area contributed by atoms with Crippen LogP contribution in [0, 0.1) is 0 Å². The maximum atomic E-state index is 4.86. The van der Waals surface area contributed by atoms with Crippen LogP contribution in [-0.2, 0) is 5.41 Å². The summed E-state index contributed by atoms with van der Waals surface area (Å²) in [6, 6.07) is 51.2. The van der Waals surface area contributed by atoms with Gasteiger partial charge in [-0.25, -0.2) is 4.98 Å². The number of hydrogen-bond acceptors (Lipinski definition) is 1. The predicted molar refractivity (Wildman–Crippen MR) is 199 cm³/mol. The molecule has 0 fully saturated rings. The third-order valence-corrected chi connectivity index (χ3v) is 9.74. The molecule has 0 bridgehead atoms. The average molecular weight is 603 g/mol. The maximum Gasteiger partial charge on any atom is 0.137 e. The molecule has 0 unspecified atom stereocenters. The van der Waals surface area contributed by atoms with Gasteiger partial charge in [0.05, 0.1) is 5.69 Å². The number of aromatic nitrogens is 2. The van der Waals surface area contributed by atoms with Crippen LogP contribution in [0.2, 0.25) is 0 Å². The van der Waals surface area contributed by atoms with E-state index in [2.05, 4.69) is 153 Å². The second kappa shape index (κ2) is 10.4. The minimum Gasteiger partial charge on any atom is -0.306 e. The van der Waals surface area contributed by atoms with E-state index in [9.17, 15) is 0 Å². The molecule has 9 rings (SSSR count). The van der Waals surface area contributed by atoms with E-state index < -0.39 is 0 Å². The Bertz CT molecular complexity index is 2510. The van der Waals surface area contributed by atoms with Crippen LogP contribution in [0.4, 0.5) is 0 Å². The Kier molecular flexibility index (Phi) is 6.10. The Morgan fingerprint density at radius 1 is 0.489 bits per heavy atom. The summed E-state index contributed by atoms with van der Waals surface area (Å²) in [7, 11) is 0. The van der Waals surface area contributed by atoms with Crippen LogP contribution < -0.4 is 0 Å². The zero-order chi connectivity index (χ0) is 31.7. The van der Waals surface area contributed by atoms with Gasteiger partial charge in [-0.05, 0) is 94.9 Å². The number of rotatable bonds is 4. The maximum absolute atomic E-state index is 4.86. The fourth-order valence-corrected chi connectivity index (χ4v) is 7.19. The minimum absolute atomic E-state index is 0.0734. The largest absolute Gasteiger partial charge is 0.306 e. The summed E-state index contributed by atoms with van der Waals surface area (Å²) in [6.45, 7) is 6.89. The highest BCUT2D eigenvalue weighted by Gasteiger charge is 2.20. The van der Waals surface area contributed by atoms with E-state index in [1.807, 2.05) is 24.4 Å². The first kappa shape index (κ1) is 27.6. The molecule has 0 radical (unpaired) electrons. The van der Waals surface area contributed by atoms with Gasteiger partial charge in [-0.2, -0.15) is 0 Å². The Morgan fingerprint density at radius 3 is 1.64 bits per heavy atom. The van der Waals surface area contributed by atoms with E-state index in [4.69, 9.17) is 4.98 Å². The molecule has 0 saturated heterocycles. The van der Waals surface area contributed by atoms with E-state index in [-0.39, 0.29) is 5.41 Å². The second-order valence-corrected chi connectivity index (χ2v) is 13.7. The minimum atomic E-state index is 0.0734. The molecular formula is C45H34N2. The van der Waals surface area contributed by atoms with Crippen molar-refractivity contribution in [2.75, 3.05) is 0 Å². The molecule has 47 heavy (non-hydrogen) atoms. The number of benzene rings is 7. The summed E-state index contributed by atoms with van der Waals surface area (Å²) in [6.07, 6.45) is 4.15. The monoisotopic (exact) mass is 602 g/mol. The summed E-state index contributed by atoms with van der Waals surface area (Å²) in [4.78, 5) is 4.86. The molecule has 2 heteroatoms. The van der Waals surface area contributed by atoms with Crippen LogP contribution in [-0.4, -0.2) is 9.38 Å². The first-order valence-corrected chi connectivity index (χ1v) is 16.4. The Hall–Kier alpha value is -5.73. The van der Waals surface area contributed by atoms with Gasteiger partial charge in [0.25, 0.3) is 0 Å². The lowest BCUT2D eigenvalue weighted by Gasteiger charge is -2.23. The lowest BCUT2D eigenvalue weighted by atomic mass is 9.81. The van der Waals surface area contributed by atoms with E-state index >= 15 is 0 Å². The van der Waals surface area contributed by atoms with Crippen molar-refractivity contribution in [3.8, 4) is 44.6 Å². The molecule has 0 aliphatic heterocycles. The van der Waals surface area contributed by atoms with E-state index in [1.54, 1.807) is 0 Å². The highest BCUT2D eigenvalue weighted by molar-refractivity contribution is 6.28. The topological polar surface area (TPSA) is 17.3 Å². The SMILES string of the molecule is CC(C)(C)c1cc2ccc3c(-c4ccc(-c5ccccc5)cc4)cc(-c4ccc(-c5cn6ccccc6n5)cc4)c4ccc(c1)c2c34. The first-order chi connectivity index (χ1) is 22.9. The van der Waals surface area contributed by atoms with Crippen molar-refractivity contribution in [1.29, 1.82) is 0 Å². The molecule has 7 aromatic carbocycles. The average Bonchev–Trinajstić information content (AvgIpc) is 3.55. The van der Waals surface area contributed by atoms with Crippen molar-refractivity contribution in [3.05, 3.63) is 157 Å². The van der Waals surface area contributed by atoms with Gasteiger partial charge >= 0.3 is 0 Å². The van der Waals surface area contributed by atoms with Gasteiger partial charge in [-0.3, -0.25) is 0 Å². The highest BCUT2D eigenvalue weighted by Crippen LogP contribution is 2.45. The van der Waals surface area contributed by atoms with Crippen LogP contribution in [0.15, 0.2) is 152 Å². The molecule has 2 heterocycles. The molecule has 0 N–H and O–H groups in total. The van der Waals surface area contributed by atoms with Gasteiger partial charge in [-0.15, -0.1) is 0 Å². The lowest BCUT2D eigenvalue weighted by molar-refractivity contribution is 0.591. The number of imidazole rings is 1. The third kappa shape index (κ3) is 4.60. The smallest absolute Gasteiger partial charge is 0.137 e. The molecule has 2 nitrogen and oxygen atoms in total. The molecular weight excluding hydrogens is 569 g/mol. The molecule has 0 atom stereocenters. The normalized spacial score (nSPS) is 12.1. The van der Waals surface area contributed by atoms with E-state index in [0.29, 0.717) is 0 Å². The van der Waals surface area contributed by atoms with E-state index in [1.165, 1.54) is 71.3 Å². The molecule has 0 saturated carbocycles. The summed E-state index contributed by atoms with van der Waals surface area (Å²) >= 11 is 0. The molecule has 0 spiro atoms. The summed E-state index contributed by atoms with van der Waals surface area (Å²) < 4.78 is 2.07. The number of pyridine rings is 1. The fourth-order valence-electron chi connectivity index (χ4n) is 7.19. The van der Waals surface area contributed by atoms with Crippen LogP contribution in [0.1, 0.15) is 26.3 Å². The quantitative estimate of drug-likeness (QED) is 0.183. The second-order valence-electron chi connectivity index (χ2n) is 13.7. The molecule has 0 amide bonds. The Labute approximate surface area is 274 Å². The van der Waals surface area contributed by atoms with E-state index in [0.717, 1.165) is 16.9 Å². The van der Waals surface area contributed by atoms with Gasteiger partial charge in [0.15, 0.2) is 0 Å². The highest BCUT2D eigenvalue weighted by atomic mass is 15.0. The van der Waals surface area contributed by atoms with Crippen LogP contribution in [0.3, 0.4) is 0 Å². The summed E-state index contributed by atoms with van der Waals surface area (Å²) in [5, 5.41) is 7.86. The number of nitrogens with zero attached hydrogens (tertiary/aromatic N) is 2.